The minimum atomic E-state index is -3.61. The summed E-state index contributed by atoms with van der Waals surface area (Å²) in [6.45, 7) is 1.85. The maximum atomic E-state index is 12.4. The summed E-state index contributed by atoms with van der Waals surface area (Å²) in [5, 5.41) is 3.16. The third-order valence-corrected chi connectivity index (χ3v) is 5.56. The van der Waals surface area contributed by atoms with Gasteiger partial charge in [-0.15, -0.1) is 0 Å². The number of nitrogens with one attached hydrogen (secondary N) is 2. The number of carbonyl (C=O) groups is 1. The van der Waals surface area contributed by atoms with Crippen molar-refractivity contribution in [3.05, 3.63) is 28.8 Å². The molecule has 0 aromatic heterocycles. The first-order chi connectivity index (χ1) is 10.3. The van der Waals surface area contributed by atoms with Gasteiger partial charge in [0.15, 0.2) is 0 Å². The zero-order valence-corrected chi connectivity index (χ0v) is 14.2. The molecule has 0 radical (unpaired) electrons. The zero-order chi connectivity index (χ0) is 16.3. The van der Waals surface area contributed by atoms with Crippen LogP contribution in [0.5, 0.6) is 0 Å². The molecule has 1 aromatic carbocycles. The first-order valence-corrected chi connectivity index (χ1v) is 8.92. The molecule has 1 aromatic rings. The van der Waals surface area contributed by atoms with Crippen molar-refractivity contribution in [3.63, 3.8) is 0 Å². The molecule has 1 fully saturated rings. The van der Waals surface area contributed by atoms with E-state index in [1.807, 2.05) is 7.05 Å². The molecular weight excluding hydrogens is 326 g/mol. The zero-order valence-electron chi connectivity index (χ0n) is 12.6. The molecule has 1 amide bonds. The van der Waals surface area contributed by atoms with Crippen molar-refractivity contribution in [2.45, 2.75) is 23.8 Å². The van der Waals surface area contributed by atoms with Gasteiger partial charge in [-0.2, -0.15) is 0 Å². The molecule has 0 spiro atoms. The van der Waals surface area contributed by atoms with Crippen molar-refractivity contribution >= 4 is 27.5 Å². The molecule has 0 aliphatic carbocycles. The number of hydrogen-bond donors (Lipinski definition) is 2. The Labute approximate surface area is 135 Å². The Balaban J connectivity index is 2.17. The Hall–Kier alpha value is -1.15. The van der Waals surface area contributed by atoms with Gasteiger partial charge >= 0.3 is 0 Å². The Morgan fingerprint density at radius 2 is 1.95 bits per heavy atom. The average Bonchev–Trinajstić information content (AvgIpc) is 2.49. The van der Waals surface area contributed by atoms with Gasteiger partial charge < -0.3 is 10.2 Å². The van der Waals surface area contributed by atoms with Gasteiger partial charge in [0.2, 0.25) is 10.0 Å². The summed E-state index contributed by atoms with van der Waals surface area (Å²) in [5.74, 6) is -0.340. The van der Waals surface area contributed by atoms with E-state index in [0.29, 0.717) is 0 Å². The Morgan fingerprint density at radius 1 is 1.32 bits per heavy atom. The third-order valence-electron chi connectivity index (χ3n) is 3.82. The molecule has 2 N–H and O–H groups in total. The van der Waals surface area contributed by atoms with Crippen LogP contribution in [0.2, 0.25) is 5.02 Å². The summed E-state index contributed by atoms with van der Waals surface area (Å²) in [5.41, 5.74) is 0.178. The summed E-state index contributed by atoms with van der Waals surface area (Å²) in [7, 11) is -0.242. The molecule has 1 saturated heterocycles. The van der Waals surface area contributed by atoms with E-state index < -0.39 is 10.0 Å². The standard InChI is InChI=1S/C14H20ClN3O3S/c1-16-22(20,21)11-3-4-13(15)12(9-11)14(19)17-10-5-7-18(2)8-6-10/h3-4,9-10,16H,5-8H2,1-2H3,(H,17,19). The molecule has 122 valence electrons. The van der Waals surface area contributed by atoms with Gasteiger partial charge in [-0.25, -0.2) is 13.1 Å². The number of rotatable bonds is 4. The van der Waals surface area contributed by atoms with E-state index in [0.717, 1.165) is 25.9 Å². The smallest absolute Gasteiger partial charge is 0.253 e. The van der Waals surface area contributed by atoms with Crippen LogP contribution in [0.15, 0.2) is 23.1 Å². The predicted octanol–water partition coefficient (Wildman–Crippen LogP) is 1.07. The second kappa shape index (κ2) is 6.95. The Kier molecular flexibility index (Phi) is 5.44. The fourth-order valence-electron chi connectivity index (χ4n) is 2.38. The van der Waals surface area contributed by atoms with E-state index in [2.05, 4.69) is 14.9 Å². The van der Waals surface area contributed by atoms with Crippen LogP contribution >= 0.6 is 11.6 Å². The van der Waals surface area contributed by atoms with Crippen molar-refractivity contribution < 1.29 is 13.2 Å². The Morgan fingerprint density at radius 3 is 2.55 bits per heavy atom. The van der Waals surface area contributed by atoms with E-state index in [-0.39, 0.29) is 27.4 Å². The van der Waals surface area contributed by atoms with Crippen LogP contribution in [0.4, 0.5) is 0 Å². The minimum absolute atomic E-state index is 0.0212. The molecular formula is C14H20ClN3O3S. The van der Waals surface area contributed by atoms with E-state index >= 15 is 0 Å². The van der Waals surface area contributed by atoms with Crippen molar-refractivity contribution in [1.29, 1.82) is 0 Å². The number of piperidine rings is 1. The summed E-state index contributed by atoms with van der Waals surface area (Å²) in [4.78, 5) is 14.6. The van der Waals surface area contributed by atoms with Crippen LogP contribution in [0.25, 0.3) is 0 Å². The topological polar surface area (TPSA) is 78.5 Å². The normalized spacial score (nSPS) is 17.4. The van der Waals surface area contributed by atoms with Crippen molar-refractivity contribution in [1.82, 2.24) is 14.9 Å². The molecule has 6 nitrogen and oxygen atoms in total. The second-order valence-corrected chi connectivity index (χ2v) is 7.69. The maximum Gasteiger partial charge on any atom is 0.253 e. The van der Waals surface area contributed by atoms with E-state index in [4.69, 9.17) is 11.6 Å². The molecule has 0 atom stereocenters. The summed E-state index contributed by atoms with van der Waals surface area (Å²) in [6, 6.07) is 4.19. The molecule has 2 rings (SSSR count). The Bertz CT molecular complexity index is 655. The van der Waals surface area contributed by atoms with Crippen LogP contribution in [-0.2, 0) is 10.0 Å². The molecule has 8 heteroatoms. The second-order valence-electron chi connectivity index (χ2n) is 5.40. The molecule has 0 bridgehead atoms. The highest BCUT2D eigenvalue weighted by Gasteiger charge is 2.22. The van der Waals surface area contributed by atoms with Crippen molar-refractivity contribution in [2.24, 2.45) is 0 Å². The minimum Gasteiger partial charge on any atom is -0.349 e. The van der Waals surface area contributed by atoms with Crippen LogP contribution in [0.1, 0.15) is 23.2 Å². The number of carbonyl (C=O) groups excluding carboxylic acids is 1. The lowest BCUT2D eigenvalue weighted by molar-refractivity contribution is 0.0917. The van der Waals surface area contributed by atoms with Crippen molar-refractivity contribution in [3.8, 4) is 0 Å². The lowest BCUT2D eigenvalue weighted by Gasteiger charge is -2.29. The predicted molar refractivity (Wildman–Crippen MR) is 85.7 cm³/mol. The first kappa shape index (κ1) is 17.2. The highest BCUT2D eigenvalue weighted by atomic mass is 35.5. The highest BCUT2D eigenvalue weighted by molar-refractivity contribution is 7.89. The number of halogens is 1. The van der Waals surface area contributed by atoms with Crippen LogP contribution < -0.4 is 10.0 Å². The molecule has 1 aliphatic rings. The van der Waals surface area contributed by atoms with Gasteiger partial charge in [0.25, 0.3) is 5.91 Å². The average molecular weight is 346 g/mol. The fraction of sp³-hybridized carbons (Fsp3) is 0.500. The first-order valence-electron chi connectivity index (χ1n) is 7.06. The van der Waals surface area contributed by atoms with Crippen molar-refractivity contribution in [2.75, 3.05) is 27.2 Å². The van der Waals surface area contributed by atoms with Crippen LogP contribution in [0.3, 0.4) is 0 Å². The maximum absolute atomic E-state index is 12.4. The molecule has 22 heavy (non-hydrogen) atoms. The number of amides is 1. The highest BCUT2D eigenvalue weighted by Crippen LogP contribution is 2.21. The summed E-state index contributed by atoms with van der Waals surface area (Å²) in [6.07, 6.45) is 1.74. The van der Waals surface area contributed by atoms with E-state index in [9.17, 15) is 13.2 Å². The number of nitrogens with zero attached hydrogens (tertiary/aromatic N) is 1. The van der Waals surface area contributed by atoms with Gasteiger partial charge in [-0.1, -0.05) is 11.6 Å². The number of benzene rings is 1. The lowest BCUT2D eigenvalue weighted by Crippen LogP contribution is -2.43. The monoisotopic (exact) mass is 345 g/mol. The molecule has 1 heterocycles. The van der Waals surface area contributed by atoms with Crippen LogP contribution in [-0.4, -0.2) is 52.5 Å². The third kappa shape index (κ3) is 3.98. The van der Waals surface area contributed by atoms with Gasteiger partial charge in [-0.3, -0.25) is 4.79 Å². The SMILES string of the molecule is CNS(=O)(=O)c1ccc(Cl)c(C(=O)NC2CCN(C)CC2)c1. The van der Waals surface area contributed by atoms with E-state index in [1.165, 1.54) is 25.2 Å². The van der Waals surface area contributed by atoms with Gasteiger partial charge in [0.05, 0.1) is 15.5 Å². The quantitative estimate of drug-likeness (QED) is 0.855. The molecule has 0 unspecified atom stereocenters. The number of likely N-dealkylation sites (tertiary alicyclic amines) is 1. The molecule has 0 saturated carbocycles. The van der Waals surface area contributed by atoms with Gasteiger partial charge in [0, 0.05) is 6.04 Å². The summed E-state index contributed by atoms with van der Waals surface area (Å²) < 4.78 is 25.9. The number of hydrogen-bond acceptors (Lipinski definition) is 4. The lowest BCUT2D eigenvalue weighted by atomic mass is 10.0. The number of sulfonamides is 1. The van der Waals surface area contributed by atoms with Gasteiger partial charge in [0.1, 0.15) is 0 Å². The largest absolute Gasteiger partial charge is 0.349 e. The fourth-order valence-corrected chi connectivity index (χ4v) is 3.34. The van der Waals surface area contributed by atoms with Gasteiger partial charge in [-0.05, 0) is 58.2 Å². The summed E-state index contributed by atoms with van der Waals surface area (Å²) >= 11 is 6.04. The molecule has 1 aliphatic heterocycles. The van der Waals surface area contributed by atoms with E-state index in [1.54, 1.807) is 0 Å². The van der Waals surface area contributed by atoms with Crippen LogP contribution in [0, 0.1) is 0 Å².